The molecule has 5 nitrogen and oxygen atoms in total. The Morgan fingerprint density at radius 2 is 2.22 bits per heavy atom. The Morgan fingerprint density at radius 3 is 2.89 bits per heavy atom. The van der Waals surface area contributed by atoms with Gasteiger partial charge in [0.05, 0.1) is 5.39 Å². The molecule has 0 bridgehead atoms. The number of anilines is 2. The lowest BCUT2D eigenvalue weighted by atomic mass is 10.3. The Labute approximate surface area is 106 Å². The number of aliphatic hydroxyl groups is 1. The van der Waals surface area contributed by atoms with Crippen LogP contribution in [-0.4, -0.2) is 34.1 Å². The minimum Gasteiger partial charge on any atom is -0.385 e. The normalized spacial score (nSPS) is 13.2. The zero-order valence-corrected chi connectivity index (χ0v) is 10.3. The maximum Gasteiger partial charge on any atom is 0.265 e. The van der Waals surface area contributed by atoms with Crippen LogP contribution in [0.2, 0.25) is 0 Å². The van der Waals surface area contributed by atoms with Gasteiger partial charge in [-0.1, -0.05) is 0 Å². The summed E-state index contributed by atoms with van der Waals surface area (Å²) in [4.78, 5) is 9.71. The molecule has 0 aliphatic rings. The highest BCUT2D eigenvalue weighted by Crippen LogP contribution is 2.28. The van der Waals surface area contributed by atoms with Crippen molar-refractivity contribution in [1.29, 1.82) is 0 Å². The molecule has 0 saturated heterocycles. The third-order valence-electron chi connectivity index (χ3n) is 2.30. The Bertz CT molecular complexity index is 560. The number of thiophene rings is 1. The molecular weight excluding hydrogens is 262 g/mol. The number of aliphatic hydroxyl groups excluding tert-OH is 1. The van der Waals surface area contributed by atoms with Crippen molar-refractivity contribution in [3.05, 3.63) is 10.9 Å². The van der Waals surface area contributed by atoms with E-state index in [2.05, 4.69) is 15.3 Å². The van der Waals surface area contributed by atoms with Crippen molar-refractivity contribution in [2.75, 3.05) is 17.6 Å². The summed E-state index contributed by atoms with van der Waals surface area (Å²) in [6, 6.07) is 1.84. The van der Waals surface area contributed by atoms with Gasteiger partial charge in [0.15, 0.2) is 0 Å². The Morgan fingerprint density at radius 1 is 1.50 bits per heavy atom. The van der Waals surface area contributed by atoms with Crippen LogP contribution in [-0.2, 0) is 0 Å². The van der Waals surface area contributed by atoms with E-state index in [9.17, 15) is 8.78 Å². The number of nitrogen functional groups attached to an aromatic ring is 1. The van der Waals surface area contributed by atoms with Gasteiger partial charge in [-0.15, -0.1) is 11.3 Å². The lowest BCUT2D eigenvalue weighted by Gasteiger charge is -2.11. The van der Waals surface area contributed by atoms with Crippen molar-refractivity contribution < 1.29 is 13.9 Å². The molecule has 8 heteroatoms. The average molecular weight is 274 g/mol. The maximum atomic E-state index is 12.2. The molecule has 2 heterocycles. The number of alkyl halides is 2. The number of aryl methyl sites for hydroxylation is 1. The first-order chi connectivity index (χ1) is 8.47. The van der Waals surface area contributed by atoms with Crippen molar-refractivity contribution in [1.82, 2.24) is 9.97 Å². The van der Waals surface area contributed by atoms with Crippen molar-refractivity contribution >= 4 is 33.3 Å². The van der Waals surface area contributed by atoms with E-state index in [0.717, 1.165) is 4.88 Å². The summed E-state index contributed by atoms with van der Waals surface area (Å²) < 4.78 is 24.4. The molecule has 2 aromatic heterocycles. The number of fused-ring (bicyclic) bond motifs is 1. The van der Waals surface area contributed by atoms with Crippen LogP contribution < -0.4 is 11.1 Å². The molecule has 18 heavy (non-hydrogen) atoms. The third kappa shape index (κ3) is 2.65. The van der Waals surface area contributed by atoms with E-state index >= 15 is 0 Å². The topological polar surface area (TPSA) is 84.1 Å². The molecule has 98 valence electrons. The molecule has 0 aliphatic heterocycles. The van der Waals surface area contributed by atoms with Gasteiger partial charge in [-0.05, 0) is 13.0 Å². The number of nitrogens with two attached hydrogens (primary N) is 1. The molecule has 0 amide bonds. The summed E-state index contributed by atoms with van der Waals surface area (Å²) >= 11 is 1.44. The van der Waals surface area contributed by atoms with Crippen LogP contribution in [0.4, 0.5) is 20.5 Å². The molecule has 0 saturated carbocycles. The molecule has 1 atom stereocenters. The first-order valence-electron chi connectivity index (χ1n) is 5.21. The van der Waals surface area contributed by atoms with E-state index in [4.69, 9.17) is 10.8 Å². The summed E-state index contributed by atoms with van der Waals surface area (Å²) in [6.45, 7) is 1.61. The predicted molar refractivity (Wildman–Crippen MR) is 67.1 cm³/mol. The zero-order valence-electron chi connectivity index (χ0n) is 9.52. The van der Waals surface area contributed by atoms with E-state index in [0.29, 0.717) is 16.0 Å². The minimum atomic E-state index is -2.80. The summed E-state index contributed by atoms with van der Waals surface area (Å²) in [5.41, 5.74) is 5.53. The van der Waals surface area contributed by atoms with Gasteiger partial charge >= 0.3 is 0 Å². The van der Waals surface area contributed by atoms with Crippen LogP contribution in [0, 0.1) is 6.92 Å². The number of rotatable bonds is 4. The second-order valence-electron chi connectivity index (χ2n) is 3.79. The first-order valence-corrected chi connectivity index (χ1v) is 6.02. The SMILES string of the molecule is Cc1cc2c(NCC(O)C(F)F)nc(N)nc2s1. The minimum absolute atomic E-state index is 0.0680. The molecule has 2 aromatic rings. The van der Waals surface area contributed by atoms with Gasteiger partial charge in [-0.2, -0.15) is 4.98 Å². The van der Waals surface area contributed by atoms with Crippen molar-refractivity contribution in [2.45, 2.75) is 19.5 Å². The van der Waals surface area contributed by atoms with Crippen molar-refractivity contribution in [2.24, 2.45) is 0 Å². The number of nitrogens with zero attached hydrogens (tertiary/aromatic N) is 2. The highest BCUT2D eigenvalue weighted by Gasteiger charge is 2.17. The summed E-state index contributed by atoms with van der Waals surface area (Å²) in [5.74, 6) is 0.430. The van der Waals surface area contributed by atoms with Crippen molar-refractivity contribution in [3.63, 3.8) is 0 Å². The Hall–Kier alpha value is -1.54. The van der Waals surface area contributed by atoms with Gasteiger partial charge in [-0.3, -0.25) is 0 Å². The quantitative estimate of drug-likeness (QED) is 0.789. The number of hydrogen-bond donors (Lipinski definition) is 3. The van der Waals surface area contributed by atoms with Gasteiger partial charge in [0.25, 0.3) is 6.43 Å². The van der Waals surface area contributed by atoms with E-state index < -0.39 is 12.5 Å². The summed E-state index contributed by atoms with van der Waals surface area (Å²) in [5, 5.41) is 12.4. The number of halogens is 2. The van der Waals surface area contributed by atoms with E-state index in [1.807, 2.05) is 13.0 Å². The molecule has 2 rings (SSSR count). The van der Waals surface area contributed by atoms with Gasteiger partial charge in [0.2, 0.25) is 5.95 Å². The van der Waals surface area contributed by atoms with Crippen LogP contribution >= 0.6 is 11.3 Å². The van der Waals surface area contributed by atoms with Crippen LogP contribution in [0.25, 0.3) is 10.2 Å². The maximum absolute atomic E-state index is 12.2. The molecular formula is C10H12F2N4OS. The highest BCUT2D eigenvalue weighted by atomic mass is 32.1. The summed E-state index contributed by atoms with van der Waals surface area (Å²) in [6.07, 6.45) is -4.53. The third-order valence-corrected chi connectivity index (χ3v) is 3.25. The number of nitrogens with one attached hydrogen (secondary N) is 1. The van der Waals surface area contributed by atoms with Gasteiger partial charge in [-0.25, -0.2) is 13.8 Å². The van der Waals surface area contributed by atoms with Crippen LogP contribution in [0.3, 0.4) is 0 Å². The lowest BCUT2D eigenvalue weighted by molar-refractivity contribution is 0.00382. The van der Waals surface area contributed by atoms with Crippen LogP contribution in [0.5, 0.6) is 0 Å². The molecule has 0 fully saturated rings. The van der Waals surface area contributed by atoms with E-state index in [1.54, 1.807) is 0 Å². The standard InChI is InChI=1S/C10H12F2N4OS/c1-4-2-5-8(14-3-6(17)7(11)12)15-10(13)16-9(5)18-4/h2,6-7,17H,3H2,1H3,(H3,13,14,15,16). The van der Waals surface area contributed by atoms with Crippen LogP contribution in [0.1, 0.15) is 4.88 Å². The van der Waals surface area contributed by atoms with Crippen LogP contribution in [0.15, 0.2) is 6.07 Å². The number of aromatic nitrogens is 2. The molecule has 4 N–H and O–H groups in total. The largest absolute Gasteiger partial charge is 0.385 e. The lowest BCUT2D eigenvalue weighted by Crippen LogP contribution is -2.27. The molecule has 0 aliphatic carbocycles. The second kappa shape index (κ2) is 4.99. The number of hydrogen-bond acceptors (Lipinski definition) is 6. The van der Waals surface area contributed by atoms with E-state index in [1.165, 1.54) is 11.3 Å². The van der Waals surface area contributed by atoms with Gasteiger partial charge in [0, 0.05) is 11.4 Å². The monoisotopic (exact) mass is 274 g/mol. The van der Waals surface area contributed by atoms with E-state index in [-0.39, 0.29) is 12.5 Å². The Balaban J connectivity index is 2.26. The fourth-order valence-corrected chi connectivity index (χ4v) is 2.37. The summed E-state index contributed by atoms with van der Waals surface area (Å²) in [7, 11) is 0. The highest BCUT2D eigenvalue weighted by molar-refractivity contribution is 7.18. The smallest absolute Gasteiger partial charge is 0.265 e. The molecule has 0 spiro atoms. The van der Waals surface area contributed by atoms with Gasteiger partial charge < -0.3 is 16.2 Å². The predicted octanol–water partition coefficient (Wildman–Crippen LogP) is 1.62. The van der Waals surface area contributed by atoms with Gasteiger partial charge in [0.1, 0.15) is 16.8 Å². The zero-order chi connectivity index (χ0) is 13.3. The molecule has 1 unspecified atom stereocenters. The fraction of sp³-hybridized carbons (Fsp3) is 0.400. The fourth-order valence-electron chi connectivity index (χ4n) is 1.48. The Kier molecular flexibility index (Phi) is 3.58. The molecule has 0 radical (unpaired) electrons. The van der Waals surface area contributed by atoms with Crippen molar-refractivity contribution in [3.8, 4) is 0 Å². The molecule has 0 aromatic carbocycles. The average Bonchev–Trinajstić information content (AvgIpc) is 2.65. The second-order valence-corrected chi connectivity index (χ2v) is 5.02. The first kappa shape index (κ1) is 12.9.